The van der Waals surface area contributed by atoms with Crippen molar-refractivity contribution in [3.8, 4) is 0 Å². The van der Waals surface area contributed by atoms with E-state index in [2.05, 4.69) is 52.8 Å². The van der Waals surface area contributed by atoms with Gasteiger partial charge in [-0.15, -0.1) is 24.0 Å². The maximum Gasteiger partial charge on any atom is 0.314 e. The van der Waals surface area contributed by atoms with Crippen molar-refractivity contribution in [1.29, 1.82) is 0 Å². The van der Waals surface area contributed by atoms with Gasteiger partial charge in [-0.1, -0.05) is 30.3 Å². The van der Waals surface area contributed by atoms with Gasteiger partial charge in [-0.2, -0.15) is 0 Å². The Kier molecular flexibility index (Phi) is 9.99. The first-order valence-corrected chi connectivity index (χ1v) is 10.5. The van der Waals surface area contributed by atoms with Crippen LogP contribution in [-0.2, 0) is 6.54 Å². The Bertz CT molecular complexity index is 648. The SMILES string of the molecule is CCNC(=NCC1CCCN1Cc1ccccc1)NC1CCN(C(N)=O)CC1.I. The number of rotatable bonds is 6. The lowest BCUT2D eigenvalue weighted by atomic mass is 10.1. The number of urea groups is 1. The molecule has 29 heavy (non-hydrogen) atoms. The van der Waals surface area contributed by atoms with Gasteiger partial charge in [0.25, 0.3) is 0 Å². The Morgan fingerprint density at radius 2 is 1.90 bits per heavy atom. The van der Waals surface area contributed by atoms with E-state index < -0.39 is 0 Å². The molecule has 2 fully saturated rings. The fraction of sp³-hybridized carbons (Fsp3) is 0.619. The van der Waals surface area contributed by atoms with Gasteiger partial charge in [0.05, 0.1) is 6.54 Å². The van der Waals surface area contributed by atoms with Gasteiger partial charge in [0.2, 0.25) is 0 Å². The van der Waals surface area contributed by atoms with Gasteiger partial charge in [-0.25, -0.2) is 4.79 Å². The number of carbonyl (C=O) groups excluding carboxylic acids is 1. The summed E-state index contributed by atoms with van der Waals surface area (Å²) in [7, 11) is 0. The van der Waals surface area contributed by atoms with Crippen molar-refractivity contribution in [3.63, 3.8) is 0 Å². The van der Waals surface area contributed by atoms with Crippen LogP contribution in [0.5, 0.6) is 0 Å². The lowest BCUT2D eigenvalue weighted by Crippen LogP contribution is -2.51. The van der Waals surface area contributed by atoms with E-state index in [1.807, 2.05) is 0 Å². The molecule has 0 saturated carbocycles. The minimum Gasteiger partial charge on any atom is -0.357 e. The number of hydrogen-bond acceptors (Lipinski definition) is 3. The number of nitrogens with two attached hydrogens (primary N) is 1. The van der Waals surface area contributed by atoms with E-state index in [1.165, 1.54) is 18.4 Å². The van der Waals surface area contributed by atoms with Crippen LogP contribution in [0, 0.1) is 0 Å². The predicted octanol–water partition coefficient (Wildman–Crippen LogP) is 2.37. The molecule has 2 amide bonds. The Morgan fingerprint density at radius 1 is 1.17 bits per heavy atom. The highest BCUT2D eigenvalue weighted by Gasteiger charge is 2.25. The van der Waals surface area contributed by atoms with Crippen molar-refractivity contribution in [1.82, 2.24) is 20.4 Å². The van der Waals surface area contributed by atoms with E-state index in [1.54, 1.807) is 4.90 Å². The molecule has 1 aromatic rings. The molecule has 4 N–H and O–H groups in total. The molecule has 3 rings (SSSR count). The molecule has 0 aromatic heterocycles. The zero-order valence-corrected chi connectivity index (χ0v) is 19.7. The van der Waals surface area contributed by atoms with E-state index in [9.17, 15) is 4.79 Å². The van der Waals surface area contributed by atoms with E-state index in [0.717, 1.165) is 45.0 Å². The number of guanidine groups is 1. The number of carbonyl (C=O) groups is 1. The molecule has 0 bridgehead atoms. The lowest BCUT2D eigenvalue weighted by Gasteiger charge is -2.32. The monoisotopic (exact) mass is 514 g/mol. The minimum absolute atomic E-state index is 0. The second-order valence-electron chi connectivity index (χ2n) is 7.72. The van der Waals surface area contributed by atoms with Crippen LogP contribution in [0.2, 0.25) is 0 Å². The third kappa shape index (κ3) is 7.33. The van der Waals surface area contributed by atoms with Crippen LogP contribution in [0.25, 0.3) is 0 Å². The second kappa shape index (κ2) is 12.2. The van der Waals surface area contributed by atoms with Crippen LogP contribution in [0.1, 0.15) is 38.2 Å². The summed E-state index contributed by atoms with van der Waals surface area (Å²) < 4.78 is 0. The standard InChI is InChI=1S/C21H34N6O.HI/c1-2-23-21(25-18-10-13-26(14-11-18)20(22)28)24-15-19-9-6-12-27(19)16-17-7-4-3-5-8-17;/h3-5,7-8,18-19H,2,6,9-16H2,1H3,(H2,22,28)(H2,23,24,25);1H. The van der Waals surface area contributed by atoms with E-state index in [4.69, 9.17) is 10.7 Å². The van der Waals surface area contributed by atoms with Gasteiger partial charge < -0.3 is 21.3 Å². The molecule has 2 saturated heterocycles. The molecular weight excluding hydrogens is 479 g/mol. The molecule has 7 nitrogen and oxygen atoms in total. The number of piperidine rings is 1. The maximum atomic E-state index is 11.3. The first kappa shape index (κ1) is 23.7. The number of hydrogen-bond donors (Lipinski definition) is 3. The molecule has 0 spiro atoms. The van der Waals surface area contributed by atoms with E-state index in [0.29, 0.717) is 25.2 Å². The number of nitrogens with one attached hydrogen (secondary N) is 2. The Balaban J connectivity index is 0.00000300. The zero-order valence-electron chi connectivity index (χ0n) is 17.3. The summed E-state index contributed by atoms with van der Waals surface area (Å²) in [6.07, 6.45) is 4.24. The fourth-order valence-electron chi connectivity index (χ4n) is 4.08. The highest BCUT2D eigenvalue weighted by molar-refractivity contribution is 14.0. The van der Waals surface area contributed by atoms with Gasteiger partial charge in [0, 0.05) is 38.3 Å². The van der Waals surface area contributed by atoms with Crippen LogP contribution in [0.3, 0.4) is 0 Å². The molecule has 162 valence electrons. The summed E-state index contributed by atoms with van der Waals surface area (Å²) in [4.78, 5) is 20.4. The smallest absolute Gasteiger partial charge is 0.314 e. The van der Waals surface area contributed by atoms with Crippen molar-refractivity contribution in [2.24, 2.45) is 10.7 Å². The van der Waals surface area contributed by atoms with E-state index >= 15 is 0 Å². The highest BCUT2D eigenvalue weighted by atomic mass is 127. The van der Waals surface area contributed by atoms with Crippen molar-refractivity contribution < 1.29 is 4.79 Å². The molecule has 0 aliphatic carbocycles. The number of nitrogens with zero attached hydrogens (tertiary/aromatic N) is 3. The summed E-state index contributed by atoms with van der Waals surface area (Å²) in [5.41, 5.74) is 6.74. The predicted molar refractivity (Wildman–Crippen MR) is 129 cm³/mol. The molecule has 2 heterocycles. The largest absolute Gasteiger partial charge is 0.357 e. The molecule has 8 heteroatoms. The number of amides is 2. The highest BCUT2D eigenvalue weighted by Crippen LogP contribution is 2.20. The van der Waals surface area contributed by atoms with Crippen LogP contribution >= 0.6 is 24.0 Å². The summed E-state index contributed by atoms with van der Waals surface area (Å²) in [5.74, 6) is 0.881. The summed E-state index contributed by atoms with van der Waals surface area (Å²) >= 11 is 0. The maximum absolute atomic E-state index is 11.3. The van der Waals surface area contributed by atoms with Gasteiger partial charge in [0.15, 0.2) is 5.96 Å². The van der Waals surface area contributed by atoms with E-state index in [-0.39, 0.29) is 30.0 Å². The van der Waals surface area contributed by atoms with Crippen LogP contribution in [-0.4, -0.2) is 66.6 Å². The number of aliphatic imine (C=N–C) groups is 1. The first-order chi connectivity index (χ1) is 13.7. The zero-order chi connectivity index (χ0) is 19.8. The normalized spacial score (nSPS) is 20.9. The number of halogens is 1. The molecule has 1 aromatic carbocycles. The summed E-state index contributed by atoms with van der Waals surface area (Å²) in [6.45, 7) is 7.29. The third-order valence-corrected chi connectivity index (χ3v) is 5.68. The molecule has 1 unspecified atom stereocenters. The van der Waals surface area contributed by atoms with Crippen LogP contribution in [0.15, 0.2) is 35.3 Å². The quantitative estimate of drug-likeness (QED) is 0.309. The van der Waals surface area contributed by atoms with Gasteiger partial charge >= 0.3 is 6.03 Å². The Morgan fingerprint density at radius 3 is 2.55 bits per heavy atom. The Labute approximate surface area is 191 Å². The fourth-order valence-corrected chi connectivity index (χ4v) is 4.08. The topological polar surface area (TPSA) is 86.0 Å². The third-order valence-electron chi connectivity index (χ3n) is 5.68. The minimum atomic E-state index is -0.321. The Hall–Kier alpha value is -1.55. The van der Waals surface area contributed by atoms with Gasteiger partial charge in [-0.05, 0) is 44.7 Å². The lowest BCUT2D eigenvalue weighted by molar-refractivity contribution is 0.188. The molecule has 1 atom stereocenters. The molecule has 2 aliphatic heterocycles. The first-order valence-electron chi connectivity index (χ1n) is 10.5. The summed E-state index contributed by atoms with van der Waals surface area (Å²) in [6, 6.07) is 11.2. The van der Waals surface area contributed by atoms with Crippen molar-refractivity contribution in [2.75, 3.05) is 32.7 Å². The molecular formula is C21H35IN6O. The van der Waals surface area contributed by atoms with Crippen LogP contribution < -0.4 is 16.4 Å². The van der Waals surface area contributed by atoms with Crippen molar-refractivity contribution in [3.05, 3.63) is 35.9 Å². The number of primary amides is 1. The van der Waals surface area contributed by atoms with Crippen molar-refractivity contribution >= 4 is 36.0 Å². The average Bonchev–Trinajstić information content (AvgIpc) is 3.14. The summed E-state index contributed by atoms with van der Waals surface area (Å²) in [5, 5.41) is 6.91. The number of benzene rings is 1. The second-order valence-corrected chi connectivity index (χ2v) is 7.72. The van der Waals surface area contributed by atoms with Gasteiger partial charge in [-0.3, -0.25) is 9.89 Å². The number of likely N-dealkylation sites (tertiary alicyclic amines) is 2. The van der Waals surface area contributed by atoms with Crippen LogP contribution in [0.4, 0.5) is 4.79 Å². The van der Waals surface area contributed by atoms with Crippen molar-refractivity contribution in [2.45, 2.75) is 51.2 Å². The average molecular weight is 514 g/mol. The molecule has 2 aliphatic rings. The van der Waals surface area contributed by atoms with Gasteiger partial charge in [0.1, 0.15) is 0 Å². The molecule has 0 radical (unpaired) electrons.